The summed E-state index contributed by atoms with van der Waals surface area (Å²) >= 11 is 0. The first-order valence-corrected chi connectivity index (χ1v) is 10.7. The van der Waals surface area contributed by atoms with Crippen molar-refractivity contribution in [3.63, 3.8) is 0 Å². The van der Waals surface area contributed by atoms with E-state index in [0.717, 1.165) is 36.5 Å². The summed E-state index contributed by atoms with van der Waals surface area (Å²) in [6.07, 6.45) is 2.45. The Balaban J connectivity index is 1.39. The van der Waals surface area contributed by atoms with Gasteiger partial charge in [0.05, 0.1) is 11.7 Å². The van der Waals surface area contributed by atoms with Gasteiger partial charge in [0.2, 0.25) is 11.8 Å². The Bertz CT molecular complexity index is 1030. The molecule has 0 radical (unpaired) electrons. The number of piperidine rings is 1. The van der Waals surface area contributed by atoms with Crippen molar-refractivity contribution in [3.8, 4) is 0 Å². The second-order valence-electron chi connectivity index (χ2n) is 8.29. The van der Waals surface area contributed by atoms with Crippen molar-refractivity contribution < 1.29 is 14.4 Å². The molecule has 2 fully saturated rings. The molecule has 0 saturated carbocycles. The number of nitrogens with zero attached hydrogens (tertiary/aromatic N) is 3. The van der Waals surface area contributed by atoms with Crippen LogP contribution in [0, 0.1) is 0 Å². The molecule has 0 bridgehead atoms. The van der Waals surface area contributed by atoms with Gasteiger partial charge in [0.25, 0.3) is 5.91 Å². The van der Waals surface area contributed by atoms with E-state index in [1.807, 2.05) is 36.5 Å². The van der Waals surface area contributed by atoms with Gasteiger partial charge in [-0.3, -0.25) is 29.6 Å². The quantitative estimate of drug-likeness (QED) is 0.718. The molecule has 2 atom stereocenters. The van der Waals surface area contributed by atoms with Crippen LogP contribution in [-0.4, -0.2) is 58.2 Å². The molecule has 8 nitrogen and oxygen atoms in total. The number of hydrogen-bond acceptors (Lipinski definition) is 6. The van der Waals surface area contributed by atoms with Gasteiger partial charge in [0.15, 0.2) is 0 Å². The van der Waals surface area contributed by atoms with E-state index in [2.05, 4.69) is 26.6 Å². The first kappa shape index (κ1) is 19.8. The van der Waals surface area contributed by atoms with Crippen molar-refractivity contribution in [1.29, 1.82) is 0 Å². The molecule has 1 aromatic heterocycles. The maximum Gasteiger partial charge on any atom is 0.255 e. The zero-order chi connectivity index (χ0) is 21.4. The second kappa shape index (κ2) is 8.20. The maximum atomic E-state index is 13.1. The van der Waals surface area contributed by atoms with E-state index in [9.17, 15) is 14.4 Å². The molecule has 5 rings (SSSR count). The predicted octanol–water partition coefficient (Wildman–Crippen LogP) is 0.989. The van der Waals surface area contributed by atoms with E-state index in [0.29, 0.717) is 25.1 Å². The summed E-state index contributed by atoms with van der Waals surface area (Å²) in [4.78, 5) is 45.5. The number of hydrogen-bond donors (Lipinski definition) is 2. The van der Waals surface area contributed by atoms with E-state index < -0.39 is 6.04 Å². The molecule has 160 valence electrons. The molecule has 0 spiro atoms. The third-order valence-electron chi connectivity index (χ3n) is 6.44. The molecule has 0 aliphatic carbocycles. The van der Waals surface area contributed by atoms with Crippen LogP contribution < -0.4 is 10.6 Å². The Kier molecular flexibility index (Phi) is 5.25. The highest BCUT2D eigenvalue weighted by Crippen LogP contribution is 2.32. The fourth-order valence-corrected chi connectivity index (χ4v) is 4.82. The largest absolute Gasteiger partial charge is 0.322 e. The molecule has 2 saturated heterocycles. The lowest BCUT2D eigenvalue weighted by atomic mass is 10.0. The van der Waals surface area contributed by atoms with Crippen molar-refractivity contribution in [1.82, 2.24) is 25.4 Å². The SMILES string of the molecule is O=C1CCC(N2Cc3c(CN4CCNCC4c4ccccn4)cccc3C2=O)C(=O)N1. The molecular formula is C23H25N5O3. The highest BCUT2D eigenvalue weighted by Gasteiger charge is 2.40. The Labute approximate surface area is 180 Å². The van der Waals surface area contributed by atoms with Gasteiger partial charge in [0.1, 0.15) is 6.04 Å². The van der Waals surface area contributed by atoms with Crippen molar-refractivity contribution in [2.24, 2.45) is 0 Å². The standard InChI is InChI=1S/C23H25N5O3/c29-21-8-7-19(22(30)26-21)28-14-17-15(4-3-5-16(17)23(28)31)13-27-11-10-24-12-20(27)18-6-1-2-9-25-18/h1-6,9,19-20,24H,7-8,10-14H2,(H,26,29,30). The van der Waals surface area contributed by atoms with E-state index >= 15 is 0 Å². The van der Waals surface area contributed by atoms with E-state index in [-0.39, 0.29) is 30.2 Å². The molecule has 1 aromatic carbocycles. The summed E-state index contributed by atoms with van der Waals surface area (Å²) < 4.78 is 0. The van der Waals surface area contributed by atoms with Crippen LogP contribution in [0.4, 0.5) is 0 Å². The van der Waals surface area contributed by atoms with Gasteiger partial charge in [-0.15, -0.1) is 0 Å². The first-order valence-electron chi connectivity index (χ1n) is 10.7. The van der Waals surface area contributed by atoms with Crippen molar-refractivity contribution in [2.75, 3.05) is 19.6 Å². The van der Waals surface area contributed by atoms with Crippen LogP contribution in [0.5, 0.6) is 0 Å². The van der Waals surface area contributed by atoms with E-state index in [4.69, 9.17) is 0 Å². The summed E-state index contributed by atoms with van der Waals surface area (Å²) in [5, 5.41) is 5.81. The number of aromatic nitrogens is 1. The van der Waals surface area contributed by atoms with Gasteiger partial charge in [-0.1, -0.05) is 18.2 Å². The topological polar surface area (TPSA) is 94.6 Å². The van der Waals surface area contributed by atoms with Gasteiger partial charge in [-0.2, -0.15) is 0 Å². The minimum absolute atomic E-state index is 0.132. The summed E-state index contributed by atoms with van der Waals surface area (Å²) in [7, 11) is 0. The summed E-state index contributed by atoms with van der Waals surface area (Å²) in [6, 6.07) is 11.4. The Hall–Kier alpha value is -3.10. The number of piperazine rings is 1. The smallest absolute Gasteiger partial charge is 0.255 e. The molecule has 3 aliphatic heterocycles. The monoisotopic (exact) mass is 419 g/mol. The molecule has 2 unspecified atom stereocenters. The van der Waals surface area contributed by atoms with Crippen molar-refractivity contribution >= 4 is 17.7 Å². The van der Waals surface area contributed by atoms with Crippen molar-refractivity contribution in [2.45, 2.75) is 38.0 Å². The molecule has 31 heavy (non-hydrogen) atoms. The minimum Gasteiger partial charge on any atom is -0.322 e. The molecule has 4 heterocycles. The fraction of sp³-hybridized carbons (Fsp3) is 0.391. The first-order chi connectivity index (χ1) is 15.1. The van der Waals surface area contributed by atoms with Gasteiger partial charge in [0, 0.05) is 50.9 Å². The van der Waals surface area contributed by atoms with Crippen LogP contribution in [-0.2, 0) is 22.7 Å². The average Bonchev–Trinajstić information content (AvgIpc) is 3.12. The fourth-order valence-electron chi connectivity index (χ4n) is 4.82. The van der Waals surface area contributed by atoms with Gasteiger partial charge >= 0.3 is 0 Å². The van der Waals surface area contributed by atoms with Crippen LogP contribution in [0.3, 0.4) is 0 Å². The number of imide groups is 1. The van der Waals surface area contributed by atoms with Crippen LogP contribution in [0.1, 0.15) is 46.1 Å². The number of nitrogens with one attached hydrogen (secondary N) is 2. The number of carbonyl (C=O) groups is 3. The third kappa shape index (κ3) is 3.73. The normalized spacial score (nSPS) is 24.3. The number of amides is 3. The van der Waals surface area contributed by atoms with Gasteiger partial charge < -0.3 is 10.2 Å². The van der Waals surface area contributed by atoms with Crippen LogP contribution in [0.25, 0.3) is 0 Å². The predicted molar refractivity (Wildman–Crippen MR) is 113 cm³/mol. The Morgan fingerprint density at radius 3 is 2.77 bits per heavy atom. The lowest BCUT2D eigenvalue weighted by molar-refractivity contribution is -0.136. The lowest BCUT2D eigenvalue weighted by Gasteiger charge is -2.36. The summed E-state index contributed by atoms with van der Waals surface area (Å²) in [5.74, 6) is -0.783. The van der Waals surface area contributed by atoms with Crippen LogP contribution in [0.15, 0.2) is 42.6 Å². The highest BCUT2D eigenvalue weighted by atomic mass is 16.2. The van der Waals surface area contributed by atoms with E-state index in [1.165, 1.54) is 0 Å². The number of benzene rings is 1. The van der Waals surface area contributed by atoms with E-state index in [1.54, 1.807) is 4.90 Å². The van der Waals surface area contributed by atoms with Gasteiger partial charge in [-0.25, -0.2) is 0 Å². The highest BCUT2D eigenvalue weighted by molar-refractivity contribution is 6.05. The zero-order valence-corrected chi connectivity index (χ0v) is 17.2. The molecule has 3 amide bonds. The molecular weight excluding hydrogens is 394 g/mol. The molecule has 8 heteroatoms. The molecule has 3 aliphatic rings. The zero-order valence-electron chi connectivity index (χ0n) is 17.2. The number of fused-ring (bicyclic) bond motifs is 1. The molecule has 2 aromatic rings. The van der Waals surface area contributed by atoms with Crippen LogP contribution >= 0.6 is 0 Å². The van der Waals surface area contributed by atoms with Crippen molar-refractivity contribution in [3.05, 3.63) is 65.0 Å². The third-order valence-corrected chi connectivity index (χ3v) is 6.44. The van der Waals surface area contributed by atoms with Crippen LogP contribution in [0.2, 0.25) is 0 Å². The maximum absolute atomic E-state index is 13.1. The summed E-state index contributed by atoms with van der Waals surface area (Å²) in [5.41, 5.74) is 3.77. The second-order valence-corrected chi connectivity index (χ2v) is 8.29. The lowest BCUT2D eigenvalue weighted by Crippen LogP contribution is -2.52. The summed E-state index contributed by atoms with van der Waals surface area (Å²) in [6.45, 7) is 3.72. The Morgan fingerprint density at radius 1 is 1.06 bits per heavy atom. The number of pyridine rings is 1. The Morgan fingerprint density at radius 2 is 1.97 bits per heavy atom. The molecule has 2 N–H and O–H groups in total. The minimum atomic E-state index is -0.592. The number of rotatable bonds is 4. The average molecular weight is 419 g/mol. The van der Waals surface area contributed by atoms with Gasteiger partial charge in [-0.05, 0) is 35.7 Å². The number of carbonyl (C=O) groups excluding carboxylic acids is 3.